The van der Waals surface area contributed by atoms with E-state index in [9.17, 15) is 9.59 Å². The monoisotopic (exact) mass is 375 g/mol. The van der Waals surface area contributed by atoms with Crippen LogP contribution in [-0.2, 0) is 9.53 Å². The van der Waals surface area contributed by atoms with E-state index in [1.165, 1.54) is 19.3 Å². The molecule has 0 spiro atoms. The van der Waals surface area contributed by atoms with Gasteiger partial charge in [0.15, 0.2) is 5.69 Å². The van der Waals surface area contributed by atoms with Crippen molar-refractivity contribution in [1.29, 1.82) is 0 Å². The summed E-state index contributed by atoms with van der Waals surface area (Å²) in [6, 6.07) is 0.366. The summed E-state index contributed by atoms with van der Waals surface area (Å²) in [5.74, 6) is -0.0626. The number of hydrogen-bond donors (Lipinski definition) is 0. The Bertz CT molecular complexity index is 664. The molecule has 4 rings (SSSR count). The zero-order chi connectivity index (χ0) is 18.6. The molecule has 1 aromatic rings. The average Bonchev–Trinajstić information content (AvgIpc) is 3.24. The third kappa shape index (κ3) is 4.15. The van der Waals surface area contributed by atoms with Gasteiger partial charge >= 0.3 is 0 Å². The summed E-state index contributed by atoms with van der Waals surface area (Å²) in [6.45, 7) is 3.67. The third-order valence-electron chi connectivity index (χ3n) is 6.06. The van der Waals surface area contributed by atoms with Crippen molar-refractivity contribution in [2.24, 2.45) is 5.92 Å². The van der Waals surface area contributed by atoms with Gasteiger partial charge < -0.3 is 14.5 Å². The SMILES string of the molecule is O=C(c1cn(C2CCCCC2)nn1)N1CCC[C@@H](C(=O)N2CCOCC2)C1. The molecule has 1 atom stereocenters. The molecular formula is C19H29N5O3. The Morgan fingerprint density at radius 3 is 2.52 bits per heavy atom. The fourth-order valence-corrected chi connectivity index (χ4v) is 4.47. The van der Waals surface area contributed by atoms with Crippen LogP contribution in [0, 0.1) is 5.92 Å². The Morgan fingerprint density at radius 2 is 1.74 bits per heavy atom. The Morgan fingerprint density at radius 1 is 0.963 bits per heavy atom. The zero-order valence-electron chi connectivity index (χ0n) is 15.9. The lowest BCUT2D eigenvalue weighted by molar-refractivity contribution is -0.141. The molecule has 148 valence electrons. The van der Waals surface area contributed by atoms with Gasteiger partial charge in [0.1, 0.15) is 0 Å². The Balaban J connectivity index is 1.38. The normalized spacial score (nSPS) is 24.8. The van der Waals surface area contributed by atoms with Crippen molar-refractivity contribution in [3.63, 3.8) is 0 Å². The van der Waals surface area contributed by atoms with Crippen molar-refractivity contribution in [2.45, 2.75) is 51.0 Å². The largest absolute Gasteiger partial charge is 0.378 e. The number of morpholine rings is 1. The quantitative estimate of drug-likeness (QED) is 0.800. The zero-order valence-corrected chi connectivity index (χ0v) is 15.9. The number of likely N-dealkylation sites (tertiary alicyclic amines) is 1. The topological polar surface area (TPSA) is 80.6 Å². The van der Waals surface area contributed by atoms with Gasteiger partial charge in [0, 0.05) is 26.2 Å². The molecule has 8 heteroatoms. The second-order valence-electron chi connectivity index (χ2n) is 7.90. The van der Waals surface area contributed by atoms with E-state index >= 15 is 0 Å². The summed E-state index contributed by atoms with van der Waals surface area (Å²) >= 11 is 0. The van der Waals surface area contributed by atoms with E-state index in [-0.39, 0.29) is 17.7 Å². The number of hydrogen-bond acceptors (Lipinski definition) is 5. The molecule has 3 fully saturated rings. The van der Waals surface area contributed by atoms with Crippen LogP contribution in [0.1, 0.15) is 61.5 Å². The Kier molecular flexibility index (Phi) is 5.71. The van der Waals surface area contributed by atoms with Crippen molar-refractivity contribution >= 4 is 11.8 Å². The fourth-order valence-electron chi connectivity index (χ4n) is 4.47. The molecule has 0 unspecified atom stereocenters. The number of aromatic nitrogens is 3. The van der Waals surface area contributed by atoms with Crippen molar-refractivity contribution in [1.82, 2.24) is 24.8 Å². The molecule has 2 aliphatic heterocycles. The smallest absolute Gasteiger partial charge is 0.276 e. The maximum absolute atomic E-state index is 12.9. The number of carbonyl (C=O) groups is 2. The van der Waals surface area contributed by atoms with Crippen LogP contribution in [0.25, 0.3) is 0 Å². The van der Waals surface area contributed by atoms with E-state index in [0.717, 1.165) is 25.7 Å². The molecule has 0 bridgehead atoms. The lowest BCUT2D eigenvalue weighted by Gasteiger charge is -2.35. The van der Waals surface area contributed by atoms with Crippen LogP contribution in [0.3, 0.4) is 0 Å². The fraction of sp³-hybridized carbons (Fsp3) is 0.789. The minimum Gasteiger partial charge on any atom is -0.378 e. The number of nitrogens with zero attached hydrogens (tertiary/aromatic N) is 5. The average molecular weight is 375 g/mol. The molecule has 1 aromatic heterocycles. The third-order valence-corrected chi connectivity index (χ3v) is 6.06. The molecule has 27 heavy (non-hydrogen) atoms. The molecule has 0 radical (unpaired) electrons. The van der Waals surface area contributed by atoms with Crippen LogP contribution < -0.4 is 0 Å². The first-order chi connectivity index (χ1) is 13.2. The predicted octanol–water partition coefficient (Wildman–Crippen LogP) is 1.49. The van der Waals surface area contributed by atoms with Crippen LogP contribution in [0.4, 0.5) is 0 Å². The first kappa shape index (κ1) is 18.4. The summed E-state index contributed by atoms with van der Waals surface area (Å²) in [4.78, 5) is 29.3. The molecule has 3 heterocycles. The van der Waals surface area contributed by atoms with E-state index in [4.69, 9.17) is 4.74 Å². The summed E-state index contributed by atoms with van der Waals surface area (Å²) in [5, 5.41) is 8.35. The first-order valence-electron chi connectivity index (χ1n) is 10.3. The summed E-state index contributed by atoms with van der Waals surface area (Å²) < 4.78 is 7.20. The van der Waals surface area contributed by atoms with Gasteiger partial charge in [-0.1, -0.05) is 24.5 Å². The van der Waals surface area contributed by atoms with Gasteiger partial charge in [0.25, 0.3) is 5.91 Å². The highest BCUT2D eigenvalue weighted by Crippen LogP contribution is 2.27. The molecule has 2 saturated heterocycles. The highest BCUT2D eigenvalue weighted by atomic mass is 16.5. The van der Waals surface area contributed by atoms with Crippen molar-refractivity contribution < 1.29 is 14.3 Å². The molecule has 1 saturated carbocycles. The van der Waals surface area contributed by atoms with Crippen molar-refractivity contribution in [2.75, 3.05) is 39.4 Å². The van der Waals surface area contributed by atoms with E-state index in [1.807, 2.05) is 9.58 Å². The lowest BCUT2D eigenvalue weighted by atomic mass is 9.95. The number of piperidine rings is 1. The lowest BCUT2D eigenvalue weighted by Crippen LogP contribution is -2.49. The second kappa shape index (κ2) is 8.37. The summed E-state index contributed by atoms with van der Waals surface area (Å²) in [6.07, 6.45) is 9.41. The molecular weight excluding hydrogens is 346 g/mol. The highest BCUT2D eigenvalue weighted by molar-refractivity contribution is 5.92. The van der Waals surface area contributed by atoms with Crippen LogP contribution in [-0.4, -0.2) is 76.0 Å². The molecule has 2 amide bonds. The van der Waals surface area contributed by atoms with Crippen LogP contribution in [0.2, 0.25) is 0 Å². The van der Waals surface area contributed by atoms with Gasteiger partial charge in [-0.3, -0.25) is 9.59 Å². The van der Waals surface area contributed by atoms with Crippen LogP contribution in [0.15, 0.2) is 6.20 Å². The molecule has 0 aromatic carbocycles. The maximum Gasteiger partial charge on any atom is 0.276 e. The minimum absolute atomic E-state index is 0.100. The van der Waals surface area contributed by atoms with E-state index in [0.29, 0.717) is 51.1 Å². The molecule has 8 nitrogen and oxygen atoms in total. The van der Waals surface area contributed by atoms with Crippen molar-refractivity contribution in [3.05, 3.63) is 11.9 Å². The summed E-state index contributed by atoms with van der Waals surface area (Å²) in [5.41, 5.74) is 0.403. The number of rotatable bonds is 3. The number of ether oxygens (including phenoxy) is 1. The van der Waals surface area contributed by atoms with Gasteiger partial charge in [0.05, 0.1) is 31.4 Å². The summed E-state index contributed by atoms with van der Waals surface area (Å²) in [7, 11) is 0. The van der Waals surface area contributed by atoms with E-state index in [1.54, 1.807) is 11.1 Å². The van der Waals surface area contributed by atoms with Gasteiger partial charge in [0.2, 0.25) is 5.91 Å². The minimum atomic E-state index is -0.116. The van der Waals surface area contributed by atoms with E-state index in [2.05, 4.69) is 10.3 Å². The molecule has 3 aliphatic rings. The standard InChI is InChI=1S/C19H29N5O3/c25-18(22-9-11-27-12-10-22)15-5-4-8-23(13-15)19(26)17-14-24(21-20-17)16-6-2-1-3-7-16/h14-16H,1-13H2/t15-/m1/s1. The number of amides is 2. The van der Waals surface area contributed by atoms with Crippen molar-refractivity contribution in [3.8, 4) is 0 Å². The molecule has 1 aliphatic carbocycles. The van der Waals surface area contributed by atoms with Gasteiger partial charge in [-0.2, -0.15) is 0 Å². The Labute approximate surface area is 159 Å². The van der Waals surface area contributed by atoms with Crippen LogP contribution >= 0.6 is 0 Å². The highest BCUT2D eigenvalue weighted by Gasteiger charge is 2.33. The predicted molar refractivity (Wildman–Crippen MR) is 98.2 cm³/mol. The number of carbonyl (C=O) groups excluding carboxylic acids is 2. The second-order valence-corrected chi connectivity index (χ2v) is 7.90. The molecule has 0 N–H and O–H groups in total. The first-order valence-corrected chi connectivity index (χ1v) is 10.3. The maximum atomic E-state index is 12.9. The van der Waals surface area contributed by atoms with Gasteiger partial charge in [-0.15, -0.1) is 5.10 Å². The van der Waals surface area contributed by atoms with Gasteiger partial charge in [-0.25, -0.2) is 4.68 Å². The Hall–Kier alpha value is -1.96. The van der Waals surface area contributed by atoms with E-state index < -0.39 is 0 Å². The van der Waals surface area contributed by atoms with Gasteiger partial charge in [-0.05, 0) is 25.7 Å². The van der Waals surface area contributed by atoms with Crippen LogP contribution in [0.5, 0.6) is 0 Å².